The van der Waals surface area contributed by atoms with Crippen molar-refractivity contribution in [3.63, 3.8) is 0 Å². The molecule has 0 fully saturated rings. The molecule has 0 aliphatic rings. The van der Waals surface area contributed by atoms with Crippen molar-refractivity contribution in [2.75, 3.05) is 12.4 Å². The number of rotatable bonds is 4. The summed E-state index contributed by atoms with van der Waals surface area (Å²) in [5, 5.41) is 11.6. The molecule has 0 radical (unpaired) electrons. The molecule has 0 bridgehead atoms. The number of imidazole rings is 1. The van der Waals surface area contributed by atoms with Crippen LogP contribution in [0.15, 0.2) is 30.7 Å². The minimum absolute atomic E-state index is 0.0489. The molecule has 0 aliphatic carbocycles. The predicted octanol–water partition coefficient (Wildman–Crippen LogP) is 1.37. The monoisotopic (exact) mass is 261 g/mol. The number of carboxylic acid groups (broad SMARTS) is 1. The van der Waals surface area contributed by atoms with Gasteiger partial charge in [0.15, 0.2) is 0 Å². The molecule has 7 nitrogen and oxygen atoms in total. The second kappa shape index (κ2) is 5.21. The van der Waals surface area contributed by atoms with E-state index in [4.69, 9.17) is 9.84 Å². The van der Waals surface area contributed by atoms with Crippen LogP contribution in [0.3, 0.4) is 0 Å². The Labute approximate surface area is 108 Å². The molecule has 7 heteroatoms. The summed E-state index contributed by atoms with van der Waals surface area (Å²) in [6, 6.07) is 4.37. The van der Waals surface area contributed by atoms with Gasteiger partial charge >= 0.3 is 5.97 Å². The number of nitrogens with zero attached hydrogens (tertiary/aromatic N) is 1. The summed E-state index contributed by atoms with van der Waals surface area (Å²) in [7, 11) is 1.43. The van der Waals surface area contributed by atoms with Crippen LogP contribution < -0.4 is 10.1 Å². The van der Waals surface area contributed by atoms with Crippen LogP contribution in [0, 0.1) is 0 Å². The van der Waals surface area contributed by atoms with E-state index in [1.165, 1.54) is 31.8 Å². The van der Waals surface area contributed by atoms with Crippen LogP contribution in [0.25, 0.3) is 0 Å². The van der Waals surface area contributed by atoms with E-state index in [1.807, 2.05) is 0 Å². The summed E-state index contributed by atoms with van der Waals surface area (Å²) in [4.78, 5) is 29.3. The summed E-state index contributed by atoms with van der Waals surface area (Å²) in [6.07, 6.45) is 2.71. The van der Waals surface area contributed by atoms with Crippen LogP contribution in [-0.4, -0.2) is 34.1 Å². The normalized spacial score (nSPS) is 9.95. The molecule has 98 valence electrons. The van der Waals surface area contributed by atoms with Gasteiger partial charge in [-0.2, -0.15) is 0 Å². The topological polar surface area (TPSA) is 104 Å². The molecular formula is C12H11N3O4. The summed E-state index contributed by atoms with van der Waals surface area (Å²) < 4.78 is 4.95. The maximum atomic E-state index is 11.8. The third-order valence-electron chi connectivity index (χ3n) is 2.45. The Balaban J connectivity index is 2.29. The lowest BCUT2D eigenvalue weighted by atomic mass is 10.1. The van der Waals surface area contributed by atoms with E-state index < -0.39 is 11.9 Å². The van der Waals surface area contributed by atoms with Crippen molar-refractivity contribution >= 4 is 17.6 Å². The van der Waals surface area contributed by atoms with Gasteiger partial charge in [0, 0.05) is 0 Å². The molecule has 1 aromatic carbocycles. The van der Waals surface area contributed by atoms with Crippen molar-refractivity contribution in [1.82, 2.24) is 9.97 Å². The van der Waals surface area contributed by atoms with Gasteiger partial charge in [0.2, 0.25) is 0 Å². The van der Waals surface area contributed by atoms with Crippen molar-refractivity contribution in [2.45, 2.75) is 0 Å². The molecule has 0 saturated heterocycles. The highest BCUT2D eigenvalue weighted by Gasteiger charge is 2.15. The number of hydrogen-bond acceptors (Lipinski definition) is 4. The van der Waals surface area contributed by atoms with Gasteiger partial charge in [-0.25, -0.2) is 9.78 Å². The Morgan fingerprint density at radius 3 is 2.79 bits per heavy atom. The van der Waals surface area contributed by atoms with E-state index in [9.17, 15) is 9.59 Å². The first-order valence-electron chi connectivity index (χ1n) is 5.33. The lowest BCUT2D eigenvalue weighted by molar-refractivity contribution is 0.0697. The van der Waals surface area contributed by atoms with Gasteiger partial charge in [-0.1, -0.05) is 0 Å². The Morgan fingerprint density at radius 2 is 2.21 bits per heavy atom. The van der Waals surface area contributed by atoms with E-state index in [1.54, 1.807) is 6.07 Å². The van der Waals surface area contributed by atoms with Crippen LogP contribution in [0.4, 0.5) is 5.69 Å². The van der Waals surface area contributed by atoms with Crippen LogP contribution in [-0.2, 0) is 0 Å². The summed E-state index contributed by atoms with van der Waals surface area (Å²) in [5.74, 6) is -1.22. The Hall–Kier alpha value is -2.83. The zero-order valence-electron chi connectivity index (χ0n) is 10.0. The number of hydrogen-bond donors (Lipinski definition) is 3. The molecule has 3 N–H and O–H groups in total. The summed E-state index contributed by atoms with van der Waals surface area (Å²) in [5.41, 5.74) is 0.382. The Morgan fingerprint density at radius 1 is 1.42 bits per heavy atom. The second-order valence-electron chi connectivity index (χ2n) is 3.64. The highest BCUT2D eigenvalue weighted by atomic mass is 16.5. The lowest BCUT2D eigenvalue weighted by Gasteiger charge is -2.09. The minimum Gasteiger partial charge on any atom is -0.497 e. The van der Waals surface area contributed by atoms with E-state index in [2.05, 4.69) is 15.3 Å². The van der Waals surface area contributed by atoms with Gasteiger partial charge in [0.05, 0.1) is 30.9 Å². The first-order chi connectivity index (χ1) is 9.11. The Bertz CT molecular complexity index is 607. The number of carbonyl (C=O) groups is 2. The molecule has 0 unspecified atom stereocenters. The molecule has 0 saturated carbocycles. The fourth-order valence-electron chi connectivity index (χ4n) is 1.51. The molecule has 0 aliphatic heterocycles. The van der Waals surface area contributed by atoms with Gasteiger partial charge < -0.3 is 20.1 Å². The highest BCUT2D eigenvalue weighted by molar-refractivity contribution is 6.06. The van der Waals surface area contributed by atoms with Crippen molar-refractivity contribution in [3.05, 3.63) is 42.0 Å². The molecule has 1 aromatic heterocycles. The van der Waals surface area contributed by atoms with Gasteiger partial charge in [-0.15, -0.1) is 0 Å². The molecule has 0 spiro atoms. The third kappa shape index (κ3) is 2.71. The van der Waals surface area contributed by atoms with Gasteiger partial charge in [-0.05, 0) is 18.2 Å². The fraction of sp³-hybridized carbons (Fsp3) is 0.0833. The van der Waals surface area contributed by atoms with E-state index >= 15 is 0 Å². The van der Waals surface area contributed by atoms with Crippen LogP contribution in [0.1, 0.15) is 20.8 Å². The molecule has 2 rings (SSSR count). The van der Waals surface area contributed by atoms with Crippen molar-refractivity contribution in [3.8, 4) is 5.75 Å². The van der Waals surface area contributed by atoms with Gasteiger partial charge in [0.25, 0.3) is 5.91 Å². The van der Waals surface area contributed by atoms with Crippen molar-refractivity contribution < 1.29 is 19.4 Å². The average Bonchev–Trinajstić information content (AvgIpc) is 2.92. The zero-order valence-corrected chi connectivity index (χ0v) is 10.0. The number of aromatic carboxylic acids is 1. The minimum atomic E-state index is -1.15. The zero-order chi connectivity index (χ0) is 13.8. The predicted molar refractivity (Wildman–Crippen MR) is 66.5 cm³/mol. The first-order valence-corrected chi connectivity index (χ1v) is 5.33. The highest BCUT2D eigenvalue weighted by Crippen LogP contribution is 2.22. The van der Waals surface area contributed by atoms with Crippen LogP contribution in [0.2, 0.25) is 0 Å². The number of aromatic amines is 1. The molecule has 2 aromatic rings. The van der Waals surface area contributed by atoms with Crippen LogP contribution in [0.5, 0.6) is 5.75 Å². The largest absolute Gasteiger partial charge is 0.497 e. The first kappa shape index (κ1) is 12.6. The number of methoxy groups -OCH3 is 1. The second-order valence-corrected chi connectivity index (χ2v) is 3.64. The molecular weight excluding hydrogens is 250 g/mol. The average molecular weight is 261 g/mol. The van der Waals surface area contributed by atoms with Gasteiger partial charge in [-0.3, -0.25) is 4.79 Å². The molecule has 19 heavy (non-hydrogen) atoms. The number of carboxylic acids is 1. The smallest absolute Gasteiger partial charge is 0.337 e. The van der Waals surface area contributed by atoms with E-state index in [0.717, 1.165) is 0 Å². The van der Waals surface area contributed by atoms with Crippen molar-refractivity contribution in [2.24, 2.45) is 0 Å². The molecule has 0 atom stereocenters. The van der Waals surface area contributed by atoms with Gasteiger partial charge in [0.1, 0.15) is 11.4 Å². The van der Waals surface area contributed by atoms with E-state index in [-0.39, 0.29) is 16.9 Å². The number of nitrogens with one attached hydrogen (secondary N) is 2. The number of amides is 1. The standard InChI is InChI=1S/C12H11N3O4/c1-19-7-2-3-9(8(4-7)12(17)18)15-11(16)10-5-13-6-14-10/h2-6H,1H3,(H,13,14)(H,15,16)(H,17,18). The molecule has 1 amide bonds. The number of aromatic nitrogens is 2. The third-order valence-corrected chi connectivity index (χ3v) is 2.45. The number of H-pyrrole nitrogens is 1. The quantitative estimate of drug-likeness (QED) is 0.771. The SMILES string of the molecule is COc1ccc(NC(=O)c2cnc[nH]2)c(C(=O)O)c1. The lowest BCUT2D eigenvalue weighted by Crippen LogP contribution is -2.15. The van der Waals surface area contributed by atoms with Crippen molar-refractivity contribution in [1.29, 1.82) is 0 Å². The fourth-order valence-corrected chi connectivity index (χ4v) is 1.51. The summed E-state index contributed by atoms with van der Waals surface area (Å²) >= 11 is 0. The van der Waals surface area contributed by atoms with Crippen LogP contribution >= 0.6 is 0 Å². The number of carbonyl (C=O) groups excluding carboxylic acids is 1. The molecule has 1 heterocycles. The maximum absolute atomic E-state index is 11.8. The number of benzene rings is 1. The summed E-state index contributed by atoms with van der Waals surface area (Å²) in [6.45, 7) is 0. The Kier molecular flexibility index (Phi) is 3.46. The maximum Gasteiger partial charge on any atom is 0.337 e. The van der Waals surface area contributed by atoms with E-state index in [0.29, 0.717) is 5.75 Å². The number of anilines is 1. The number of ether oxygens (including phenoxy) is 1.